The first kappa shape index (κ1) is 14.4. The zero-order valence-electron chi connectivity index (χ0n) is 10.7. The molecule has 0 spiro atoms. The molecule has 6 nitrogen and oxygen atoms in total. The molecule has 0 saturated carbocycles. The highest BCUT2D eigenvalue weighted by Gasteiger charge is 2.10. The Kier molecular flexibility index (Phi) is 4.56. The van der Waals surface area contributed by atoms with Crippen molar-refractivity contribution in [1.82, 2.24) is 19.2 Å². The Morgan fingerprint density at radius 1 is 1.53 bits per heavy atom. The topological polar surface area (TPSA) is 59.4 Å². The fraction of sp³-hybridized carbons (Fsp3) is 0.455. The van der Waals surface area contributed by atoms with E-state index in [0.717, 1.165) is 5.76 Å². The van der Waals surface area contributed by atoms with Gasteiger partial charge in [-0.25, -0.2) is 4.68 Å². The SMILES string of the molecule is CN(Cc1ccc(Br)o1)Cn1nc(CO)n(C)c1=S. The summed E-state index contributed by atoms with van der Waals surface area (Å²) < 4.78 is 10.1. The molecule has 0 aromatic carbocycles. The maximum Gasteiger partial charge on any atom is 0.198 e. The summed E-state index contributed by atoms with van der Waals surface area (Å²) >= 11 is 8.53. The van der Waals surface area contributed by atoms with Crippen molar-refractivity contribution >= 4 is 28.1 Å². The molecule has 0 saturated heterocycles. The van der Waals surface area contributed by atoms with Gasteiger partial charge in [0.05, 0.1) is 13.2 Å². The largest absolute Gasteiger partial charge is 0.453 e. The Morgan fingerprint density at radius 3 is 2.79 bits per heavy atom. The van der Waals surface area contributed by atoms with Gasteiger partial charge in [-0.3, -0.25) is 4.90 Å². The summed E-state index contributed by atoms with van der Waals surface area (Å²) in [4.78, 5) is 2.02. The molecule has 0 bridgehead atoms. The lowest BCUT2D eigenvalue weighted by molar-refractivity contribution is 0.221. The number of rotatable bonds is 5. The van der Waals surface area contributed by atoms with Crippen LogP contribution in [0, 0.1) is 4.77 Å². The predicted molar refractivity (Wildman–Crippen MR) is 75.8 cm³/mol. The van der Waals surface area contributed by atoms with E-state index in [0.29, 0.717) is 28.5 Å². The summed E-state index contributed by atoms with van der Waals surface area (Å²) in [5.41, 5.74) is 0. The Balaban J connectivity index is 2.06. The normalized spacial score (nSPS) is 11.4. The summed E-state index contributed by atoms with van der Waals surface area (Å²) in [6, 6.07) is 3.77. The van der Waals surface area contributed by atoms with E-state index in [2.05, 4.69) is 21.0 Å². The minimum absolute atomic E-state index is 0.123. The number of nitrogens with zero attached hydrogens (tertiary/aromatic N) is 4. The molecule has 8 heteroatoms. The van der Waals surface area contributed by atoms with Gasteiger partial charge in [-0.2, -0.15) is 5.10 Å². The van der Waals surface area contributed by atoms with Gasteiger partial charge in [0.15, 0.2) is 15.3 Å². The first-order valence-electron chi connectivity index (χ1n) is 5.67. The van der Waals surface area contributed by atoms with Gasteiger partial charge in [-0.15, -0.1) is 0 Å². The minimum atomic E-state index is -0.123. The van der Waals surface area contributed by atoms with Crippen LogP contribution in [0.25, 0.3) is 0 Å². The molecule has 0 atom stereocenters. The molecular formula is C11H15BrN4O2S. The number of hydrogen-bond acceptors (Lipinski definition) is 5. The molecular weight excluding hydrogens is 332 g/mol. The molecule has 2 rings (SSSR count). The summed E-state index contributed by atoms with van der Waals surface area (Å²) in [6.07, 6.45) is 0. The lowest BCUT2D eigenvalue weighted by atomic mass is 10.4. The highest BCUT2D eigenvalue weighted by atomic mass is 79.9. The predicted octanol–water partition coefficient (Wildman–Crippen LogP) is 1.89. The number of halogens is 1. The maximum atomic E-state index is 9.15. The molecule has 0 radical (unpaired) electrons. The standard InChI is InChI=1S/C11H15BrN4O2S/c1-14(5-8-3-4-9(12)18-8)7-16-11(19)15(2)10(6-17)13-16/h3-4,17H,5-7H2,1-2H3. The molecule has 1 N–H and O–H groups in total. The van der Waals surface area contributed by atoms with Gasteiger partial charge in [0.25, 0.3) is 0 Å². The number of aliphatic hydroxyl groups excluding tert-OH is 1. The number of furan rings is 1. The van der Waals surface area contributed by atoms with Crippen LogP contribution in [-0.4, -0.2) is 31.4 Å². The quantitative estimate of drug-likeness (QED) is 0.837. The second-order valence-electron chi connectivity index (χ2n) is 4.28. The fourth-order valence-corrected chi connectivity index (χ4v) is 2.29. The molecule has 2 aromatic heterocycles. The van der Waals surface area contributed by atoms with E-state index in [1.165, 1.54) is 0 Å². The minimum Gasteiger partial charge on any atom is -0.453 e. The average molecular weight is 347 g/mol. The third-order valence-electron chi connectivity index (χ3n) is 2.70. The van der Waals surface area contributed by atoms with E-state index < -0.39 is 0 Å². The molecule has 0 aliphatic rings. The van der Waals surface area contributed by atoms with Gasteiger partial charge in [0, 0.05) is 7.05 Å². The first-order valence-corrected chi connectivity index (χ1v) is 6.87. The molecule has 0 unspecified atom stereocenters. The molecule has 19 heavy (non-hydrogen) atoms. The smallest absolute Gasteiger partial charge is 0.198 e. The molecule has 0 aliphatic carbocycles. The molecule has 2 heterocycles. The van der Waals surface area contributed by atoms with Crippen LogP contribution in [0.5, 0.6) is 0 Å². The van der Waals surface area contributed by atoms with Crippen LogP contribution in [0.2, 0.25) is 0 Å². The number of aromatic nitrogens is 3. The summed E-state index contributed by atoms with van der Waals surface area (Å²) in [5, 5.41) is 13.4. The second kappa shape index (κ2) is 6.00. The van der Waals surface area contributed by atoms with Crippen LogP contribution >= 0.6 is 28.1 Å². The average Bonchev–Trinajstić information content (AvgIpc) is 2.88. The molecule has 2 aromatic rings. The van der Waals surface area contributed by atoms with Crippen LogP contribution in [0.4, 0.5) is 0 Å². The van der Waals surface area contributed by atoms with Crippen molar-refractivity contribution < 1.29 is 9.52 Å². The van der Waals surface area contributed by atoms with Crippen LogP contribution in [0.3, 0.4) is 0 Å². The van der Waals surface area contributed by atoms with Gasteiger partial charge in [0.2, 0.25) is 0 Å². The third kappa shape index (κ3) is 3.33. The maximum absolute atomic E-state index is 9.15. The summed E-state index contributed by atoms with van der Waals surface area (Å²) in [6.45, 7) is 1.06. The molecule has 0 amide bonds. The fourth-order valence-electron chi connectivity index (χ4n) is 1.74. The van der Waals surface area contributed by atoms with Crippen molar-refractivity contribution in [3.63, 3.8) is 0 Å². The van der Waals surface area contributed by atoms with Crippen LogP contribution in [-0.2, 0) is 26.9 Å². The van der Waals surface area contributed by atoms with Gasteiger partial charge >= 0.3 is 0 Å². The summed E-state index contributed by atoms with van der Waals surface area (Å²) in [7, 11) is 3.74. The summed E-state index contributed by atoms with van der Waals surface area (Å²) in [5.74, 6) is 1.42. The lowest BCUT2D eigenvalue weighted by Crippen LogP contribution is -2.22. The van der Waals surface area contributed by atoms with Crippen molar-refractivity contribution in [3.8, 4) is 0 Å². The molecule has 0 fully saturated rings. The Hall–Kier alpha value is -0.960. The van der Waals surface area contributed by atoms with Crippen molar-refractivity contribution in [2.75, 3.05) is 7.05 Å². The Morgan fingerprint density at radius 2 is 2.26 bits per heavy atom. The van der Waals surface area contributed by atoms with Crippen LogP contribution in [0.1, 0.15) is 11.6 Å². The molecule has 0 aliphatic heterocycles. The van der Waals surface area contributed by atoms with Gasteiger partial charge in [-0.1, -0.05) is 0 Å². The van der Waals surface area contributed by atoms with Crippen molar-refractivity contribution in [2.45, 2.75) is 19.8 Å². The zero-order chi connectivity index (χ0) is 14.0. The highest BCUT2D eigenvalue weighted by Crippen LogP contribution is 2.15. The van der Waals surface area contributed by atoms with Crippen LogP contribution < -0.4 is 0 Å². The van der Waals surface area contributed by atoms with E-state index in [4.69, 9.17) is 21.7 Å². The van der Waals surface area contributed by atoms with Crippen molar-refractivity contribution in [1.29, 1.82) is 0 Å². The highest BCUT2D eigenvalue weighted by molar-refractivity contribution is 9.10. The Labute approximate surface area is 124 Å². The Bertz CT molecular complexity index is 618. The third-order valence-corrected chi connectivity index (χ3v) is 3.61. The number of hydrogen-bond donors (Lipinski definition) is 1. The van der Waals surface area contributed by atoms with E-state index in [9.17, 15) is 0 Å². The van der Waals surface area contributed by atoms with Gasteiger partial charge in [0.1, 0.15) is 12.4 Å². The van der Waals surface area contributed by atoms with E-state index in [-0.39, 0.29) is 6.61 Å². The van der Waals surface area contributed by atoms with Gasteiger partial charge < -0.3 is 14.1 Å². The zero-order valence-corrected chi connectivity index (χ0v) is 13.1. The van der Waals surface area contributed by atoms with Crippen LogP contribution in [0.15, 0.2) is 21.2 Å². The monoisotopic (exact) mass is 346 g/mol. The van der Waals surface area contributed by atoms with Crippen molar-refractivity contribution in [2.24, 2.45) is 7.05 Å². The van der Waals surface area contributed by atoms with E-state index in [1.807, 2.05) is 24.1 Å². The van der Waals surface area contributed by atoms with E-state index >= 15 is 0 Å². The molecule has 104 valence electrons. The van der Waals surface area contributed by atoms with Gasteiger partial charge in [-0.05, 0) is 47.3 Å². The number of aliphatic hydroxyl groups is 1. The second-order valence-corrected chi connectivity index (χ2v) is 5.42. The van der Waals surface area contributed by atoms with Crippen molar-refractivity contribution in [3.05, 3.63) is 33.2 Å². The van der Waals surface area contributed by atoms with E-state index in [1.54, 1.807) is 16.3 Å². The lowest BCUT2D eigenvalue weighted by Gasteiger charge is -2.14. The first-order chi connectivity index (χ1) is 9.01.